The van der Waals surface area contributed by atoms with E-state index in [1.54, 1.807) is 24.4 Å². The summed E-state index contributed by atoms with van der Waals surface area (Å²) < 4.78 is 5.56. The maximum absolute atomic E-state index is 11.9. The van der Waals surface area contributed by atoms with E-state index in [9.17, 15) is 4.79 Å². The lowest BCUT2D eigenvalue weighted by molar-refractivity contribution is 0.102. The third kappa shape index (κ3) is 3.24. The minimum absolute atomic E-state index is 0.266. The van der Waals surface area contributed by atoms with E-state index >= 15 is 0 Å². The lowest BCUT2D eigenvalue weighted by atomic mass is 10.2. The number of carbonyl (C=O) groups is 1. The second-order valence-corrected chi connectivity index (χ2v) is 4.22. The molecule has 2 N–H and O–H groups in total. The molecule has 0 atom stereocenters. The van der Waals surface area contributed by atoms with Gasteiger partial charge in [0, 0.05) is 18.3 Å². The van der Waals surface area contributed by atoms with Gasteiger partial charge in [0.25, 0.3) is 5.91 Å². The topological polar surface area (TPSA) is 79.9 Å². The number of aromatic amines is 1. The van der Waals surface area contributed by atoms with Gasteiger partial charge in [-0.1, -0.05) is 18.2 Å². The van der Waals surface area contributed by atoms with Gasteiger partial charge in [-0.05, 0) is 18.2 Å². The Balaban J connectivity index is 1.68. The minimum atomic E-state index is -0.266. The molecule has 2 heterocycles. The van der Waals surface area contributed by atoms with Crippen LogP contribution in [-0.4, -0.2) is 21.1 Å². The molecule has 3 aromatic rings. The zero-order valence-corrected chi connectivity index (χ0v) is 11.0. The Kier molecular flexibility index (Phi) is 3.60. The van der Waals surface area contributed by atoms with Crippen LogP contribution in [0.15, 0.2) is 60.9 Å². The average molecular weight is 280 g/mol. The van der Waals surface area contributed by atoms with Gasteiger partial charge in [-0.3, -0.25) is 9.89 Å². The van der Waals surface area contributed by atoms with Crippen molar-refractivity contribution < 1.29 is 9.53 Å². The molecule has 0 spiro atoms. The van der Waals surface area contributed by atoms with Crippen LogP contribution in [0.4, 0.5) is 5.82 Å². The number of aromatic nitrogens is 3. The van der Waals surface area contributed by atoms with Crippen LogP contribution < -0.4 is 10.1 Å². The predicted octanol–water partition coefficient (Wildman–Crippen LogP) is 2.85. The summed E-state index contributed by atoms with van der Waals surface area (Å²) in [5, 5.41) is 9.08. The van der Waals surface area contributed by atoms with E-state index in [4.69, 9.17) is 4.74 Å². The molecule has 1 amide bonds. The number of H-pyrrole nitrogens is 1. The van der Waals surface area contributed by atoms with Crippen molar-refractivity contribution in [3.8, 4) is 11.6 Å². The largest absolute Gasteiger partial charge is 0.439 e. The average Bonchev–Trinajstić information content (AvgIpc) is 3.02. The first-order valence-corrected chi connectivity index (χ1v) is 6.31. The zero-order chi connectivity index (χ0) is 14.5. The molecule has 0 bridgehead atoms. The molecule has 0 saturated heterocycles. The number of carbonyl (C=O) groups excluding carboxylic acids is 1. The highest BCUT2D eigenvalue weighted by atomic mass is 16.5. The number of nitrogens with zero attached hydrogens (tertiary/aromatic N) is 2. The van der Waals surface area contributed by atoms with Gasteiger partial charge in [-0.2, -0.15) is 5.10 Å². The van der Waals surface area contributed by atoms with Crippen molar-refractivity contribution in [2.45, 2.75) is 0 Å². The monoisotopic (exact) mass is 280 g/mol. The maximum atomic E-state index is 11.9. The standard InChI is InChI=1S/C15H12N4O2/c20-15(18-13-8-9-17-19-13)11-6-7-14(16-10-11)21-12-4-2-1-3-5-12/h1-10H,(H2,17,18,19,20). The summed E-state index contributed by atoms with van der Waals surface area (Å²) in [6, 6.07) is 14.3. The summed E-state index contributed by atoms with van der Waals surface area (Å²) in [6.45, 7) is 0. The molecule has 0 fully saturated rings. The Labute approximate surface area is 120 Å². The second kappa shape index (κ2) is 5.87. The molecule has 6 heteroatoms. The smallest absolute Gasteiger partial charge is 0.258 e. The van der Waals surface area contributed by atoms with Crippen LogP contribution >= 0.6 is 0 Å². The molecule has 0 unspecified atom stereocenters. The second-order valence-electron chi connectivity index (χ2n) is 4.22. The SMILES string of the molecule is O=C(Nc1ccn[nH]1)c1ccc(Oc2ccccc2)nc1. The Morgan fingerprint density at radius 1 is 1.10 bits per heavy atom. The molecule has 3 rings (SSSR count). The van der Waals surface area contributed by atoms with Crippen LogP contribution in [-0.2, 0) is 0 Å². The van der Waals surface area contributed by atoms with Crippen LogP contribution in [0.25, 0.3) is 0 Å². The quantitative estimate of drug-likeness (QED) is 0.770. The molecular weight excluding hydrogens is 268 g/mol. The number of hydrogen-bond donors (Lipinski definition) is 2. The molecular formula is C15H12N4O2. The third-order valence-corrected chi connectivity index (χ3v) is 2.71. The predicted molar refractivity (Wildman–Crippen MR) is 77.3 cm³/mol. The number of hydrogen-bond acceptors (Lipinski definition) is 4. The maximum Gasteiger partial charge on any atom is 0.258 e. The van der Waals surface area contributed by atoms with Crippen molar-refractivity contribution in [1.29, 1.82) is 0 Å². The first kappa shape index (κ1) is 12.9. The van der Waals surface area contributed by atoms with Crippen LogP contribution in [0, 0.1) is 0 Å². The van der Waals surface area contributed by atoms with E-state index in [0.717, 1.165) is 0 Å². The Morgan fingerprint density at radius 2 is 1.95 bits per heavy atom. The molecule has 6 nitrogen and oxygen atoms in total. The van der Waals surface area contributed by atoms with Gasteiger partial charge < -0.3 is 10.1 Å². The van der Waals surface area contributed by atoms with Gasteiger partial charge in [0.15, 0.2) is 0 Å². The first-order chi connectivity index (χ1) is 10.3. The highest BCUT2D eigenvalue weighted by Crippen LogP contribution is 2.18. The summed E-state index contributed by atoms with van der Waals surface area (Å²) in [4.78, 5) is 16.1. The normalized spacial score (nSPS) is 10.1. The van der Waals surface area contributed by atoms with Gasteiger partial charge in [-0.25, -0.2) is 4.98 Å². The van der Waals surface area contributed by atoms with Crippen molar-refractivity contribution >= 4 is 11.7 Å². The van der Waals surface area contributed by atoms with Crippen molar-refractivity contribution in [1.82, 2.24) is 15.2 Å². The van der Waals surface area contributed by atoms with Crippen LogP contribution in [0.1, 0.15) is 10.4 Å². The van der Waals surface area contributed by atoms with Gasteiger partial charge in [0.05, 0.1) is 11.8 Å². The molecule has 2 aromatic heterocycles. The van der Waals surface area contributed by atoms with Crippen molar-refractivity contribution in [3.05, 3.63) is 66.5 Å². The number of pyridine rings is 1. The molecule has 21 heavy (non-hydrogen) atoms. The fraction of sp³-hybridized carbons (Fsp3) is 0. The highest BCUT2D eigenvalue weighted by Gasteiger charge is 2.08. The van der Waals surface area contributed by atoms with E-state index in [-0.39, 0.29) is 5.91 Å². The lowest BCUT2D eigenvalue weighted by Gasteiger charge is -2.05. The fourth-order valence-electron chi connectivity index (χ4n) is 1.70. The van der Waals surface area contributed by atoms with Crippen LogP contribution in [0.5, 0.6) is 11.6 Å². The molecule has 0 radical (unpaired) electrons. The summed E-state index contributed by atoms with van der Waals surface area (Å²) in [5.41, 5.74) is 0.435. The molecule has 0 aliphatic heterocycles. The van der Waals surface area contributed by atoms with Crippen molar-refractivity contribution in [2.75, 3.05) is 5.32 Å². The number of ether oxygens (including phenoxy) is 1. The number of rotatable bonds is 4. The van der Waals surface area contributed by atoms with E-state index in [2.05, 4.69) is 20.5 Å². The summed E-state index contributed by atoms with van der Waals surface area (Å²) >= 11 is 0. The lowest BCUT2D eigenvalue weighted by Crippen LogP contribution is -2.12. The fourth-order valence-corrected chi connectivity index (χ4v) is 1.70. The van der Waals surface area contributed by atoms with Crippen molar-refractivity contribution in [3.63, 3.8) is 0 Å². The molecule has 104 valence electrons. The van der Waals surface area contributed by atoms with Gasteiger partial charge in [-0.15, -0.1) is 0 Å². The van der Waals surface area contributed by atoms with E-state index in [1.165, 1.54) is 6.20 Å². The molecule has 1 aromatic carbocycles. The van der Waals surface area contributed by atoms with Gasteiger partial charge in [0.1, 0.15) is 11.6 Å². The van der Waals surface area contributed by atoms with E-state index in [0.29, 0.717) is 23.0 Å². The molecule has 0 aliphatic carbocycles. The van der Waals surface area contributed by atoms with Gasteiger partial charge in [0.2, 0.25) is 5.88 Å². The van der Waals surface area contributed by atoms with Crippen LogP contribution in [0.2, 0.25) is 0 Å². The van der Waals surface area contributed by atoms with E-state index in [1.807, 2.05) is 30.3 Å². The highest BCUT2D eigenvalue weighted by molar-refractivity contribution is 6.03. The number of para-hydroxylation sites is 1. The Bertz CT molecular complexity index is 709. The zero-order valence-electron chi connectivity index (χ0n) is 11.0. The van der Waals surface area contributed by atoms with E-state index < -0.39 is 0 Å². The number of amides is 1. The minimum Gasteiger partial charge on any atom is -0.439 e. The molecule has 0 aliphatic rings. The van der Waals surface area contributed by atoms with Gasteiger partial charge >= 0.3 is 0 Å². The molecule has 0 saturated carbocycles. The summed E-state index contributed by atoms with van der Waals surface area (Å²) in [5.74, 6) is 1.39. The first-order valence-electron chi connectivity index (χ1n) is 6.31. The third-order valence-electron chi connectivity index (χ3n) is 2.71. The van der Waals surface area contributed by atoms with Crippen LogP contribution in [0.3, 0.4) is 0 Å². The number of anilines is 1. The number of benzene rings is 1. The number of nitrogens with one attached hydrogen (secondary N) is 2. The Hall–Kier alpha value is -3.15. The summed E-state index contributed by atoms with van der Waals surface area (Å²) in [7, 11) is 0. The summed E-state index contributed by atoms with van der Waals surface area (Å²) in [6.07, 6.45) is 3.02. The Morgan fingerprint density at radius 3 is 2.62 bits per heavy atom. The van der Waals surface area contributed by atoms with Crippen molar-refractivity contribution in [2.24, 2.45) is 0 Å².